The maximum absolute atomic E-state index is 13.8. The van der Waals surface area contributed by atoms with E-state index in [2.05, 4.69) is 15.9 Å². The van der Waals surface area contributed by atoms with Crippen molar-refractivity contribution in [2.24, 2.45) is 0 Å². The van der Waals surface area contributed by atoms with Gasteiger partial charge in [-0.2, -0.15) is 0 Å². The van der Waals surface area contributed by atoms with E-state index in [1.165, 1.54) is 18.2 Å². The molecule has 2 nitrogen and oxygen atoms in total. The molecule has 0 saturated carbocycles. The van der Waals surface area contributed by atoms with Crippen LogP contribution in [-0.2, 0) is 6.61 Å². The second-order valence-corrected chi connectivity index (χ2v) is 5.14. The number of halogens is 4. The van der Waals surface area contributed by atoms with E-state index in [9.17, 15) is 13.6 Å². The first-order valence-corrected chi connectivity index (χ1v) is 6.70. The quantitative estimate of drug-likeness (QED) is 0.579. The number of aldehydes is 1. The van der Waals surface area contributed by atoms with Crippen molar-refractivity contribution in [1.29, 1.82) is 0 Å². The maximum Gasteiger partial charge on any atom is 0.155 e. The fourth-order valence-electron chi connectivity index (χ4n) is 1.61. The second-order valence-electron chi connectivity index (χ2n) is 3.88. The fraction of sp³-hybridized carbons (Fsp3) is 0.0714. The monoisotopic (exact) mass is 360 g/mol. The molecule has 0 radical (unpaired) electrons. The Morgan fingerprint density at radius 3 is 2.70 bits per heavy atom. The number of carbonyl (C=O) groups is 1. The average Bonchev–Trinajstić information content (AvgIpc) is 2.43. The molecule has 0 amide bonds. The molecule has 0 aliphatic heterocycles. The molecule has 0 atom stereocenters. The van der Waals surface area contributed by atoms with Crippen LogP contribution in [-0.4, -0.2) is 6.29 Å². The molecule has 104 valence electrons. The summed E-state index contributed by atoms with van der Waals surface area (Å²) in [5.74, 6) is -1.29. The molecule has 0 fully saturated rings. The van der Waals surface area contributed by atoms with Crippen LogP contribution in [0.3, 0.4) is 0 Å². The van der Waals surface area contributed by atoms with Gasteiger partial charge in [-0.15, -0.1) is 0 Å². The number of rotatable bonds is 4. The first-order chi connectivity index (χ1) is 9.54. The minimum absolute atomic E-state index is 0.138. The lowest BCUT2D eigenvalue weighted by Crippen LogP contribution is -2.04. The van der Waals surface area contributed by atoms with E-state index in [-0.39, 0.29) is 33.0 Å². The molecule has 2 aromatic rings. The molecule has 6 heteroatoms. The van der Waals surface area contributed by atoms with Crippen molar-refractivity contribution in [2.75, 3.05) is 0 Å². The Morgan fingerprint density at radius 2 is 2.00 bits per heavy atom. The van der Waals surface area contributed by atoms with Crippen LogP contribution in [0.5, 0.6) is 5.75 Å². The molecule has 20 heavy (non-hydrogen) atoms. The van der Waals surface area contributed by atoms with Crippen LogP contribution in [0.25, 0.3) is 0 Å². The number of ether oxygens (including phenoxy) is 1. The summed E-state index contributed by atoms with van der Waals surface area (Å²) in [5, 5.41) is 0.215. The Kier molecular flexibility index (Phi) is 4.73. The van der Waals surface area contributed by atoms with Crippen LogP contribution >= 0.6 is 27.5 Å². The van der Waals surface area contributed by atoms with E-state index in [0.29, 0.717) is 6.29 Å². The molecule has 0 aliphatic carbocycles. The van der Waals surface area contributed by atoms with Crippen molar-refractivity contribution in [3.63, 3.8) is 0 Å². The molecule has 0 saturated heterocycles. The van der Waals surface area contributed by atoms with Gasteiger partial charge in [-0.1, -0.05) is 17.7 Å². The van der Waals surface area contributed by atoms with Gasteiger partial charge in [-0.25, -0.2) is 8.78 Å². The molecule has 0 N–H and O–H groups in total. The maximum atomic E-state index is 13.8. The third-order valence-corrected chi connectivity index (χ3v) is 3.58. The summed E-state index contributed by atoms with van der Waals surface area (Å²) < 4.78 is 32.8. The Hall–Kier alpha value is -1.46. The van der Waals surface area contributed by atoms with Crippen LogP contribution in [0.1, 0.15) is 15.9 Å². The molecule has 2 rings (SSSR count). The van der Waals surface area contributed by atoms with Gasteiger partial charge in [0.15, 0.2) is 6.29 Å². The molecule has 0 aliphatic rings. The van der Waals surface area contributed by atoms with E-state index < -0.39 is 11.6 Å². The average molecular weight is 362 g/mol. The van der Waals surface area contributed by atoms with E-state index in [4.69, 9.17) is 16.3 Å². The number of benzene rings is 2. The molecule has 0 unspecified atom stereocenters. The highest BCUT2D eigenvalue weighted by molar-refractivity contribution is 9.10. The summed E-state index contributed by atoms with van der Waals surface area (Å²) in [6.45, 7) is -0.349. The highest BCUT2D eigenvalue weighted by Gasteiger charge is 2.14. The zero-order chi connectivity index (χ0) is 14.7. The number of hydrogen-bond donors (Lipinski definition) is 0. The fourth-order valence-corrected chi connectivity index (χ4v) is 2.19. The highest BCUT2D eigenvalue weighted by Crippen LogP contribution is 2.27. The smallest absolute Gasteiger partial charge is 0.155 e. The van der Waals surface area contributed by atoms with Gasteiger partial charge in [0.05, 0.1) is 20.6 Å². The van der Waals surface area contributed by atoms with Crippen molar-refractivity contribution >= 4 is 33.8 Å². The third-order valence-electron chi connectivity index (χ3n) is 2.64. The third kappa shape index (κ3) is 2.99. The van der Waals surface area contributed by atoms with Crippen molar-refractivity contribution in [1.82, 2.24) is 0 Å². The van der Waals surface area contributed by atoms with Gasteiger partial charge in [-0.05, 0) is 40.2 Å². The first-order valence-electron chi connectivity index (χ1n) is 5.53. The summed E-state index contributed by atoms with van der Waals surface area (Å²) in [4.78, 5) is 10.9. The van der Waals surface area contributed by atoms with Crippen molar-refractivity contribution in [3.8, 4) is 5.75 Å². The van der Waals surface area contributed by atoms with Crippen LogP contribution in [0, 0.1) is 11.6 Å². The SMILES string of the molecule is O=Cc1c(Cl)cccc1OCc1c(F)ccc(Br)c1F. The van der Waals surface area contributed by atoms with Crippen LogP contribution < -0.4 is 4.74 Å². The van der Waals surface area contributed by atoms with Crippen molar-refractivity contribution < 1.29 is 18.3 Å². The predicted octanol–water partition coefficient (Wildman–Crippen LogP) is 4.77. The van der Waals surface area contributed by atoms with E-state index in [1.54, 1.807) is 6.07 Å². The second kappa shape index (κ2) is 6.33. The summed E-state index contributed by atoms with van der Waals surface area (Å²) in [6, 6.07) is 7.01. The predicted molar refractivity (Wildman–Crippen MR) is 75.2 cm³/mol. The summed E-state index contributed by atoms with van der Waals surface area (Å²) in [5.41, 5.74) is -0.0822. The lowest BCUT2D eigenvalue weighted by molar-refractivity contribution is 0.111. The molecular weight excluding hydrogens is 354 g/mol. The van der Waals surface area contributed by atoms with Gasteiger partial charge in [-0.3, -0.25) is 4.79 Å². The van der Waals surface area contributed by atoms with Gasteiger partial charge in [0, 0.05) is 0 Å². The van der Waals surface area contributed by atoms with E-state index in [0.717, 1.165) is 6.07 Å². The Morgan fingerprint density at radius 1 is 1.25 bits per heavy atom. The zero-order valence-electron chi connectivity index (χ0n) is 10.00. The molecular formula is C14H8BrClF2O2. The minimum atomic E-state index is -0.736. The molecule has 0 aromatic heterocycles. The topological polar surface area (TPSA) is 26.3 Å². The van der Waals surface area contributed by atoms with Gasteiger partial charge in [0.2, 0.25) is 0 Å². The number of carbonyl (C=O) groups excluding carboxylic acids is 1. The molecule has 0 heterocycles. The Balaban J connectivity index is 2.28. The largest absolute Gasteiger partial charge is 0.488 e. The highest BCUT2D eigenvalue weighted by atomic mass is 79.9. The minimum Gasteiger partial charge on any atom is -0.488 e. The lowest BCUT2D eigenvalue weighted by atomic mass is 10.2. The van der Waals surface area contributed by atoms with E-state index in [1.807, 2.05) is 0 Å². The van der Waals surface area contributed by atoms with Gasteiger partial charge < -0.3 is 4.74 Å². The Labute approximate surface area is 127 Å². The van der Waals surface area contributed by atoms with Crippen LogP contribution in [0.4, 0.5) is 8.78 Å². The standard InChI is InChI=1S/C14H8BrClF2O2/c15-10-4-5-12(17)9(14(10)18)7-20-13-3-1-2-11(16)8(13)6-19/h1-6H,7H2. The number of hydrogen-bond acceptors (Lipinski definition) is 2. The summed E-state index contributed by atoms with van der Waals surface area (Å²) in [7, 11) is 0. The van der Waals surface area contributed by atoms with Gasteiger partial charge in [0.1, 0.15) is 24.0 Å². The van der Waals surface area contributed by atoms with Crippen molar-refractivity contribution in [2.45, 2.75) is 6.61 Å². The normalized spacial score (nSPS) is 10.4. The molecule has 0 bridgehead atoms. The van der Waals surface area contributed by atoms with Gasteiger partial charge in [0.25, 0.3) is 0 Å². The van der Waals surface area contributed by atoms with Crippen LogP contribution in [0.15, 0.2) is 34.8 Å². The molecule has 0 spiro atoms. The van der Waals surface area contributed by atoms with E-state index >= 15 is 0 Å². The van der Waals surface area contributed by atoms with Gasteiger partial charge >= 0.3 is 0 Å². The lowest BCUT2D eigenvalue weighted by Gasteiger charge is -2.11. The molecule has 2 aromatic carbocycles. The van der Waals surface area contributed by atoms with Crippen LogP contribution in [0.2, 0.25) is 5.02 Å². The Bertz CT molecular complexity index is 662. The zero-order valence-corrected chi connectivity index (χ0v) is 12.3. The van der Waals surface area contributed by atoms with Crippen molar-refractivity contribution in [3.05, 3.63) is 62.6 Å². The summed E-state index contributed by atoms with van der Waals surface area (Å²) in [6.07, 6.45) is 0.533. The first kappa shape index (κ1) is 14.9. The summed E-state index contributed by atoms with van der Waals surface area (Å²) >= 11 is 8.80.